The molecule has 0 unspecified atom stereocenters. The highest BCUT2D eigenvalue weighted by molar-refractivity contribution is 7.10. The number of aromatic hydroxyl groups is 1. The number of thiophene rings is 1. The normalized spacial score (nSPS) is 21.5. The Hall–Kier alpha value is -2.86. The number of dihydropyridines is 1. The monoisotopic (exact) mass is 423 g/mol. The number of ketones is 1. The third-order valence-electron chi connectivity index (χ3n) is 5.54. The number of esters is 1. The van der Waals surface area contributed by atoms with Gasteiger partial charge in [0, 0.05) is 40.1 Å². The van der Waals surface area contributed by atoms with E-state index in [0.717, 1.165) is 5.70 Å². The Bertz CT molecular complexity index is 1050. The van der Waals surface area contributed by atoms with Crippen LogP contribution in [0.3, 0.4) is 0 Å². The molecule has 0 spiro atoms. The lowest BCUT2D eigenvalue weighted by Gasteiger charge is -2.36. The zero-order valence-corrected chi connectivity index (χ0v) is 18.1. The van der Waals surface area contributed by atoms with Gasteiger partial charge in [-0.3, -0.25) is 4.79 Å². The number of rotatable bonds is 4. The Labute approximate surface area is 180 Å². The molecule has 1 aromatic heterocycles. The van der Waals surface area contributed by atoms with Gasteiger partial charge < -0.3 is 15.2 Å². The molecule has 1 aromatic carbocycles. The summed E-state index contributed by atoms with van der Waals surface area (Å²) >= 11 is 1.66. The zero-order chi connectivity index (χ0) is 21.4. The van der Waals surface area contributed by atoms with Crippen LogP contribution in [0.2, 0.25) is 0 Å². The largest absolute Gasteiger partial charge is 0.508 e. The second kappa shape index (κ2) is 8.11. The standard InChI is InChI=1S/C24H25NO4S/c1-13(2)29-24(28)21-14(3)25-18-11-16(20-8-5-9-30-20)12-19(27)23(18)22(21)15-6-4-7-17(26)10-15/h4-10,13,16,22,25-26H,11-12H2,1-3H3/t16-,22-/m0/s1. The zero-order valence-electron chi connectivity index (χ0n) is 17.3. The summed E-state index contributed by atoms with van der Waals surface area (Å²) in [4.78, 5) is 27.6. The topological polar surface area (TPSA) is 75.6 Å². The summed E-state index contributed by atoms with van der Waals surface area (Å²) < 4.78 is 5.51. The lowest BCUT2D eigenvalue weighted by Crippen LogP contribution is -2.36. The van der Waals surface area contributed by atoms with Gasteiger partial charge in [-0.2, -0.15) is 0 Å². The molecule has 0 fully saturated rings. The fourth-order valence-corrected chi connectivity index (χ4v) is 5.18. The number of phenolic OH excluding ortho intramolecular Hbond substituents is 1. The van der Waals surface area contributed by atoms with Crippen molar-refractivity contribution in [1.29, 1.82) is 0 Å². The maximum Gasteiger partial charge on any atom is 0.337 e. The van der Waals surface area contributed by atoms with Crippen LogP contribution in [0, 0.1) is 0 Å². The summed E-state index contributed by atoms with van der Waals surface area (Å²) in [6.07, 6.45) is 0.839. The Morgan fingerprint density at radius 3 is 2.70 bits per heavy atom. The first-order chi connectivity index (χ1) is 14.3. The molecule has 2 heterocycles. The molecule has 156 valence electrons. The van der Waals surface area contributed by atoms with Crippen LogP contribution in [0.15, 0.2) is 64.3 Å². The quantitative estimate of drug-likeness (QED) is 0.693. The number of allylic oxidation sites excluding steroid dienone is 3. The number of benzene rings is 1. The van der Waals surface area contributed by atoms with E-state index in [-0.39, 0.29) is 23.6 Å². The van der Waals surface area contributed by atoms with E-state index in [4.69, 9.17) is 4.74 Å². The van der Waals surface area contributed by atoms with Crippen LogP contribution >= 0.6 is 11.3 Å². The number of hydrogen-bond acceptors (Lipinski definition) is 6. The predicted octanol–water partition coefficient (Wildman–Crippen LogP) is 4.77. The highest BCUT2D eigenvalue weighted by Gasteiger charge is 2.41. The third-order valence-corrected chi connectivity index (χ3v) is 6.57. The van der Waals surface area contributed by atoms with Crippen molar-refractivity contribution in [2.45, 2.75) is 51.6 Å². The van der Waals surface area contributed by atoms with Crippen LogP contribution < -0.4 is 5.32 Å². The highest BCUT2D eigenvalue weighted by Crippen LogP contribution is 2.46. The molecule has 5 nitrogen and oxygen atoms in total. The molecular formula is C24H25NO4S. The van der Waals surface area contributed by atoms with Crippen molar-refractivity contribution in [2.75, 3.05) is 0 Å². The number of Topliss-reactive ketones (excluding diaryl/α,β-unsaturated/α-hetero) is 1. The second-order valence-electron chi connectivity index (χ2n) is 8.08. The highest BCUT2D eigenvalue weighted by atomic mass is 32.1. The molecular weight excluding hydrogens is 398 g/mol. The van der Waals surface area contributed by atoms with Gasteiger partial charge in [0.05, 0.1) is 11.7 Å². The molecule has 2 atom stereocenters. The molecule has 2 N–H and O–H groups in total. The van der Waals surface area contributed by atoms with Crippen molar-refractivity contribution in [1.82, 2.24) is 5.32 Å². The van der Waals surface area contributed by atoms with Crippen LogP contribution in [-0.2, 0) is 14.3 Å². The summed E-state index contributed by atoms with van der Waals surface area (Å²) in [5.74, 6) is -0.745. The van der Waals surface area contributed by atoms with Crippen molar-refractivity contribution < 1.29 is 19.4 Å². The summed E-state index contributed by atoms with van der Waals surface area (Å²) in [5.41, 5.74) is 3.29. The maximum absolute atomic E-state index is 13.4. The molecule has 0 bridgehead atoms. The lowest BCUT2D eigenvalue weighted by molar-refractivity contribution is -0.143. The van der Waals surface area contributed by atoms with Gasteiger partial charge in [0.1, 0.15) is 5.75 Å². The maximum atomic E-state index is 13.4. The van der Waals surface area contributed by atoms with E-state index in [0.29, 0.717) is 35.2 Å². The van der Waals surface area contributed by atoms with E-state index >= 15 is 0 Å². The van der Waals surface area contributed by atoms with Crippen LogP contribution in [0.5, 0.6) is 5.75 Å². The summed E-state index contributed by atoms with van der Waals surface area (Å²) in [7, 11) is 0. The van der Waals surface area contributed by atoms with E-state index in [9.17, 15) is 14.7 Å². The number of hydrogen-bond donors (Lipinski definition) is 2. The van der Waals surface area contributed by atoms with Crippen molar-refractivity contribution in [3.05, 3.63) is 74.8 Å². The van der Waals surface area contributed by atoms with Crippen LogP contribution in [0.1, 0.15) is 55.9 Å². The number of nitrogens with one attached hydrogen (secondary N) is 1. The molecule has 4 rings (SSSR count). The van der Waals surface area contributed by atoms with Crippen molar-refractivity contribution in [3.8, 4) is 5.75 Å². The third kappa shape index (κ3) is 3.79. The fourth-order valence-electron chi connectivity index (χ4n) is 4.35. The van der Waals surface area contributed by atoms with E-state index in [1.807, 2.05) is 24.4 Å². The molecule has 30 heavy (non-hydrogen) atoms. The van der Waals surface area contributed by atoms with Crippen LogP contribution in [0.25, 0.3) is 0 Å². The van der Waals surface area contributed by atoms with Gasteiger partial charge in [0.15, 0.2) is 5.78 Å². The van der Waals surface area contributed by atoms with E-state index < -0.39 is 11.9 Å². The minimum absolute atomic E-state index is 0.0258. The van der Waals surface area contributed by atoms with Gasteiger partial charge in [-0.1, -0.05) is 18.2 Å². The van der Waals surface area contributed by atoms with Crippen molar-refractivity contribution in [2.24, 2.45) is 0 Å². The molecule has 2 aromatic rings. The Kier molecular flexibility index (Phi) is 5.52. The van der Waals surface area contributed by atoms with Gasteiger partial charge in [-0.05, 0) is 56.3 Å². The van der Waals surface area contributed by atoms with Gasteiger partial charge in [0.2, 0.25) is 0 Å². The van der Waals surface area contributed by atoms with E-state index in [1.54, 1.807) is 43.4 Å². The van der Waals surface area contributed by atoms with Crippen LogP contribution in [-0.4, -0.2) is 23.0 Å². The second-order valence-corrected chi connectivity index (χ2v) is 9.06. The van der Waals surface area contributed by atoms with Gasteiger partial charge >= 0.3 is 5.97 Å². The first-order valence-corrected chi connectivity index (χ1v) is 11.0. The van der Waals surface area contributed by atoms with Gasteiger partial charge in [0.25, 0.3) is 0 Å². The minimum Gasteiger partial charge on any atom is -0.508 e. The van der Waals surface area contributed by atoms with E-state index in [2.05, 4.69) is 11.4 Å². The Balaban J connectivity index is 1.81. The molecule has 0 saturated heterocycles. The molecule has 0 radical (unpaired) electrons. The summed E-state index contributed by atoms with van der Waals surface area (Å²) in [6, 6.07) is 10.8. The molecule has 1 aliphatic heterocycles. The number of ether oxygens (including phenoxy) is 1. The molecule has 0 saturated carbocycles. The van der Waals surface area contributed by atoms with Gasteiger partial charge in [-0.25, -0.2) is 4.79 Å². The predicted molar refractivity (Wildman–Crippen MR) is 116 cm³/mol. The van der Waals surface area contributed by atoms with E-state index in [1.165, 1.54) is 4.88 Å². The first kappa shape index (κ1) is 20.4. The number of carbonyl (C=O) groups excluding carboxylic acids is 2. The van der Waals surface area contributed by atoms with Gasteiger partial charge in [-0.15, -0.1) is 11.3 Å². The SMILES string of the molecule is CC1=C(C(=O)OC(C)C)[C@H](c2cccc(O)c2)C2=C(C[C@H](c3cccs3)CC2=O)N1. The molecule has 2 aliphatic rings. The number of carbonyl (C=O) groups is 2. The smallest absolute Gasteiger partial charge is 0.337 e. The van der Waals surface area contributed by atoms with Crippen LogP contribution in [0.4, 0.5) is 0 Å². The summed E-state index contributed by atoms with van der Waals surface area (Å²) in [6.45, 7) is 5.45. The lowest BCUT2D eigenvalue weighted by atomic mass is 9.72. The molecule has 6 heteroatoms. The fraction of sp³-hybridized carbons (Fsp3) is 0.333. The Morgan fingerprint density at radius 2 is 2.03 bits per heavy atom. The molecule has 0 amide bonds. The molecule has 1 aliphatic carbocycles. The average Bonchev–Trinajstić information content (AvgIpc) is 3.21. The minimum atomic E-state index is -0.559. The Morgan fingerprint density at radius 1 is 1.23 bits per heavy atom. The van der Waals surface area contributed by atoms with Crippen molar-refractivity contribution in [3.63, 3.8) is 0 Å². The summed E-state index contributed by atoms with van der Waals surface area (Å²) in [5, 5.41) is 15.4. The first-order valence-electron chi connectivity index (χ1n) is 10.1. The van der Waals surface area contributed by atoms with Crippen molar-refractivity contribution >= 4 is 23.1 Å². The number of phenols is 1. The average molecular weight is 424 g/mol.